The molecule has 6 nitrogen and oxygen atoms in total. The summed E-state index contributed by atoms with van der Waals surface area (Å²) in [4.78, 5) is 18.2. The molecule has 0 bridgehead atoms. The minimum Gasteiger partial charge on any atom is -0.322 e. The SMILES string of the molecule is CCCN=c1cc2n(-c3ccc(F)cc3)c3ccccc3nc-2cc1Nc1ncccn1. The lowest BCUT2D eigenvalue weighted by molar-refractivity contribution is 0.627. The number of hydrogen-bond donors (Lipinski definition) is 1. The van der Waals surface area contributed by atoms with Gasteiger partial charge in [0.25, 0.3) is 0 Å². The molecular weight excluding hydrogens is 403 g/mol. The highest BCUT2D eigenvalue weighted by Gasteiger charge is 2.16. The smallest absolute Gasteiger partial charge is 0.227 e. The van der Waals surface area contributed by atoms with Gasteiger partial charge >= 0.3 is 0 Å². The van der Waals surface area contributed by atoms with Crippen LogP contribution in [0.25, 0.3) is 28.1 Å². The number of nitrogens with one attached hydrogen (secondary N) is 1. The van der Waals surface area contributed by atoms with E-state index >= 15 is 0 Å². The van der Waals surface area contributed by atoms with E-state index in [0.29, 0.717) is 12.5 Å². The lowest BCUT2D eigenvalue weighted by atomic mass is 10.1. The Balaban J connectivity index is 1.81. The number of hydrogen-bond acceptors (Lipinski definition) is 5. The van der Waals surface area contributed by atoms with Crippen molar-refractivity contribution in [2.45, 2.75) is 13.3 Å². The molecule has 2 aliphatic rings. The summed E-state index contributed by atoms with van der Waals surface area (Å²) in [6, 6.07) is 20.1. The molecule has 1 aliphatic heterocycles. The van der Waals surface area contributed by atoms with E-state index in [-0.39, 0.29) is 5.82 Å². The van der Waals surface area contributed by atoms with Crippen LogP contribution in [0.5, 0.6) is 0 Å². The number of nitrogens with zero attached hydrogens (tertiary/aromatic N) is 5. The Labute approximate surface area is 184 Å². The van der Waals surface area contributed by atoms with E-state index < -0.39 is 0 Å². The maximum absolute atomic E-state index is 13.6. The van der Waals surface area contributed by atoms with Gasteiger partial charge in [-0.2, -0.15) is 0 Å². The lowest BCUT2D eigenvalue weighted by Crippen LogP contribution is -2.16. The van der Waals surface area contributed by atoms with Crippen molar-refractivity contribution in [1.29, 1.82) is 0 Å². The fraction of sp³-hybridized carbons (Fsp3) is 0.120. The van der Waals surface area contributed by atoms with Gasteiger partial charge in [0.2, 0.25) is 5.95 Å². The van der Waals surface area contributed by atoms with Crippen molar-refractivity contribution < 1.29 is 4.39 Å². The van der Waals surface area contributed by atoms with Crippen LogP contribution in [0.3, 0.4) is 0 Å². The predicted octanol–water partition coefficient (Wildman–Crippen LogP) is 5.11. The van der Waals surface area contributed by atoms with Crippen LogP contribution < -0.4 is 10.7 Å². The summed E-state index contributed by atoms with van der Waals surface area (Å²) in [7, 11) is 0. The van der Waals surface area contributed by atoms with Crippen molar-refractivity contribution in [1.82, 2.24) is 19.5 Å². The van der Waals surface area contributed by atoms with Crippen LogP contribution in [0, 0.1) is 5.82 Å². The molecular formula is C25H21FN6. The minimum absolute atomic E-state index is 0.273. The Bertz CT molecular complexity index is 1410. The molecule has 2 aromatic carbocycles. The molecule has 7 heteroatoms. The average Bonchev–Trinajstić information content (AvgIpc) is 2.83. The van der Waals surface area contributed by atoms with Gasteiger partial charge in [-0.1, -0.05) is 19.1 Å². The van der Waals surface area contributed by atoms with Gasteiger partial charge < -0.3 is 9.88 Å². The number of benzene rings is 3. The van der Waals surface area contributed by atoms with Crippen LogP contribution in [0.15, 0.2) is 84.1 Å². The second-order valence-corrected chi connectivity index (χ2v) is 7.35. The van der Waals surface area contributed by atoms with Crippen molar-refractivity contribution in [2.24, 2.45) is 4.99 Å². The van der Waals surface area contributed by atoms with Crippen LogP contribution in [-0.2, 0) is 0 Å². The molecule has 0 spiro atoms. The Morgan fingerprint density at radius 2 is 1.75 bits per heavy atom. The van der Waals surface area contributed by atoms with Gasteiger partial charge in [-0.25, -0.2) is 19.3 Å². The van der Waals surface area contributed by atoms with Crippen molar-refractivity contribution in [2.75, 3.05) is 11.9 Å². The molecule has 1 aliphatic carbocycles. The Morgan fingerprint density at radius 3 is 2.53 bits per heavy atom. The van der Waals surface area contributed by atoms with Gasteiger partial charge in [0.1, 0.15) is 5.82 Å². The fourth-order valence-corrected chi connectivity index (χ4v) is 3.66. The number of rotatable bonds is 5. The molecule has 3 aromatic rings. The predicted molar refractivity (Wildman–Crippen MR) is 124 cm³/mol. The molecule has 0 fully saturated rings. The maximum Gasteiger partial charge on any atom is 0.227 e. The molecule has 5 rings (SSSR count). The molecule has 0 atom stereocenters. The molecule has 0 unspecified atom stereocenters. The van der Waals surface area contributed by atoms with Gasteiger partial charge in [0, 0.05) is 24.6 Å². The highest BCUT2D eigenvalue weighted by Crippen LogP contribution is 2.30. The molecule has 0 saturated carbocycles. The number of anilines is 2. The summed E-state index contributed by atoms with van der Waals surface area (Å²) in [6.45, 7) is 2.78. The van der Waals surface area contributed by atoms with E-state index in [1.165, 1.54) is 12.1 Å². The first-order valence-corrected chi connectivity index (χ1v) is 10.5. The fourth-order valence-electron chi connectivity index (χ4n) is 3.66. The normalized spacial score (nSPS) is 11.9. The first-order chi connectivity index (χ1) is 15.7. The standard InChI is InChI=1S/C25H21FN6/c1-2-12-27-20-16-24-22(15-21(20)31-25-28-13-5-14-29-25)30-19-6-3-4-7-23(19)32(24)18-10-8-17(26)9-11-18/h3-11,13-16H,2,12H2,1H3,(H,28,29,31). The summed E-state index contributed by atoms with van der Waals surface area (Å²) >= 11 is 0. The number of fused-ring (bicyclic) bond motifs is 2. The Morgan fingerprint density at radius 1 is 0.969 bits per heavy atom. The molecule has 0 saturated heterocycles. The zero-order valence-corrected chi connectivity index (χ0v) is 17.5. The quantitative estimate of drug-likeness (QED) is 0.398. The van der Waals surface area contributed by atoms with E-state index in [2.05, 4.69) is 26.8 Å². The van der Waals surface area contributed by atoms with E-state index in [1.807, 2.05) is 36.4 Å². The van der Waals surface area contributed by atoms with Gasteiger partial charge in [-0.15, -0.1) is 0 Å². The Kier molecular flexibility index (Phi) is 5.29. The summed E-state index contributed by atoms with van der Waals surface area (Å²) < 4.78 is 15.7. The van der Waals surface area contributed by atoms with Crippen molar-refractivity contribution in [3.8, 4) is 17.1 Å². The average molecular weight is 424 g/mol. The third-order valence-electron chi connectivity index (χ3n) is 5.10. The van der Waals surface area contributed by atoms with E-state index in [1.54, 1.807) is 30.6 Å². The highest BCUT2D eigenvalue weighted by atomic mass is 19.1. The molecule has 1 N–H and O–H groups in total. The summed E-state index contributed by atoms with van der Waals surface area (Å²) in [6.07, 6.45) is 4.30. The summed E-state index contributed by atoms with van der Waals surface area (Å²) in [5.41, 5.74) is 5.06. The highest BCUT2D eigenvalue weighted by molar-refractivity contribution is 5.84. The second-order valence-electron chi connectivity index (χ2n) is 7.35. The molecule has 32 heavy (non-hydrogen) atoms. The van der Waals surface area contributed by atoms with Crippen molar-refractivity contribution >= 4 is 22.7 Å². The molecule has 0 radical (unpaired) electrons. The topological polar surface area (TPSA) is 68.0 Å². The van der Waals surface area contributed by atoms with Gasteiger partial charge in [-0.3, -0.25) is 4.99 Å². The summed E-state index contributed by atoms with van der Waals surface area (Å²) in [5.74, 6) is 0.219. The van der Waals surface area contributed by atoms with E-state index in [0.717, 1.165) is 45.6 Å². The molecule has 0 amide bonds. The summed E-state index contributed by atoms with van der Waals surface area (Å²) in [5, 5.41) is 4.06. The molecule has 158 valence electrons. The third kappa shape index (κ3) is 3.80. The lowest BCUT2D eigenvalue weighted by Gasteiger charge is -2.20. The van der Waals surface area contributed by atoms with Crippen LogP contribution in [0.4, 0.5) is 16.0 Å². The Hall–Kier alpha value is -4.13. The maximum atomic E-state index is 13.6. The number of aromatic nitrogens is 4. The van der Waals surface area contributed by atoms with Crippen LogP contribution in [0.2, 0.25) is 0 Å². The van der Waals surface area contributed by atoms with Crippen molar-refractivity contribution in [3.05, 3.63) is 90.3 Å². The first-order valence-electron chi connectivity index (χ1n) is 10.5. The van der Waals surface area contributed by atoms with Crippen molar-refractivity contribution in [3.63, 3.8) is 0 Å². The third-order valence-corrected chi connectivity index (χ3v) is 5.10. The second kappa shape index (κ2) is 8.55. The van der Waals surface area contributed by atoms with Crippen LogP contribution in [0.1, 0.15) is 13.3 Å². The molecule has 1 aromatic heterocycles. The van der Waals surface area contributed by atoms with E-state index in [9.17, 15) is 4.39 Å². The minimum atomic E-state index is -0.273. The number of halogens is 1. The largest absolute Gasteiger partial charge is 0.322 e. The first kappa shape index (κ1) is 19.8. The zero-order chi connectivity index (χ0) is 21.9. The van der Waals surface area contributed by atoms with Crippen LogP contribution >= 0.6 is 0 Å². The van der Waals surface area contributed by atoms with Gasteiger partial charge in [0.05, 0.1) is 33.5 Å². The number of para-hydroxylation sites is 2. The van der Waals surface area contributed by atoms with E-state index in [4.69, 9.17) is 9.98 Å². The zero-order valence-electron chi connectivity index (χ0n) is 17.5. The molecule has 2 heterocycles. The monoisotopic (exact) mass is 424 g/mol. The van der Waals surface area contributed by atoms with Gasteiger partial charge in [0.15, 0.2) is 0 Å². The van der Waals surface area contributed by atoms with Gasteiger partial charge in [-0.05, 0) is 61.0 Å². The van der Waals surface area contributed by atoms with Crippen LogP contribution in [-0.4, -0.2) is 26.1 Å².